The van der Waals surface area contributed by atoms with Crippen molar-refractivity contribution < 1.29 is 0 Å². The summed E-state index contributed by atoms with van der Waals surface area (Å²) in [5, 5.41) is 0. The van der Waals surface area contributed by atoms with Crippen LogP contribution in [-0.4, -0.2) is 24.0 Å². The Morgan fingerprint density at radius 3 is 2.35 bits per heavy atom. The summed E-state index contributed by atoms with van der Waals surface area (Å²) in [7, 11) is 0. The van der Waals surface area contributed by atoms with E-state index in [0.29, 0.717) is 6.04 Å². The lowest BCUT2D eigenvalue weighted by Crippen LogP contribution is -2.44. The zero-order valence-electron chi connectivity index (χ0n) is 13.7. The van der Waals surface area contributed by atoms with E-state index in [0.717, 1.165) is 12.5 Å². The highest BCUT2D eigenvalue weighted by molar-refractivity contribution is 5.39. The molecule has 0 radical (unpaired) electrons. The van der Waals surface area contributed by atoms with E-state index in [1.54, 1.807) is 0 Å². The first-order chi connectivity index (χ1) is 9.38. The van der Waals surface area contributed by atoms with E-state index < -0.39 is 0 Å². The summed E-state index contributed by atoms with van der Waals surface area (Å²) >= 11 is 0. The summed E-state index contributed by atoms with van der Waals surface area (Å²) in [6.45, 7) is 13.4. The lowest BCUT2D eigenvalue weighted by atomic mass is 9.91. The van der Waals surface area contributed by atoms with Gasteiger partial charge < -0.3 is 5.73 Å². The molecule has 20 heavy (non-hydrogen) atoms. The molecule has 1 aromatic rings. The fourth-order valence-corrected chi connectivity index (χ4v) is 3.75. The minimum absolute atomic E-state index is 0.128. The van der Waals surface area contributed by atoms with Crippen LogP contribution < -0.4 is 5.73 Å². The van der Waals surface area contributed by atoms with Crippen LogP contribution in [0.25, 0.3) is 0 Å². The average molecular weight is 274 g/mol. The van der Waals surface area contributed by atoms with Crippen LogP contribution >= 0.6 is 0 Å². The van der Waals surface area contributed by atoms with Crippen molar-refractivity contribution in [3.8, 4) is 0 Å². The van der Waals surface area contributed by atoms with Crippen molar-refractivity contribution in [1.82, 2.24) is 4.90 Å². The first-order valence-electron chi connectivity index (χ1n) is 7.96. The molecule has 2 N–H and O–H groups in total. The van der Waals surface area contributed by atoms with Crippen molar-refractivity contribution in [1.29, 1.82) is 0 Å². The monoisotopic (exact) mass is 274 g/mol. The molecule has 0 saturated carbocycles. The second-order valence-electron chi connectivity index (χ2n) is 6.90. The quantitative estimate of drug-likeness (QED) is 0.910. The largest absolute Gasteiger partial charge is 0.323 e. The highest BCUT2D eigenvalue weighted by Crippen LogP contribution is 2.26. The van der Waals surface area contributed by atoms with E-state index in [9.17, 15) is 0 Å². The predicted molar refractivity (Wildman–Crippen MR) is 87.0 cm³/mol. The van der Waals surface area contributed by atoms with Gasteiger partial charge in [0.05, 0.1) is 0 Å². The van der Waals surface area contributed by atoms with Crippen LogP contribution in [0, 0.1) is 26.7 Å². The number of nitrogens with two attached hydrogens (primary N) is 1. The second kappa shape index (κ2) is 6.28. The number of benzene rings is 1. The maximum absolute atomic E-state index is 6.54. The van der Waals surface area contributed by atoms with E-state index in [1.165, 1.54) is 41.6 Å². The van der Waals surface area contributed by atoms with E-state index in [4.69, 9.17) is 5.73 Å². The van der Waals surface area contributed by atoms with Gasteiger partial charge in [-0.1, -0.05) is 24.6 Å². The van der Waals surface area contributed by atoms with Crippen LogP contribution in [0.4, 0.5) is 0 Å². The Labute approximate surface area is 124 Å². The molecule has 2 rings (SSSR count). The highest BCUT2D eigenvalue weighted by atomic mass is 15.2. The van der Waals surface area contributed by atoms with Gasteiger partial charge in [-0.25, -0.2) is 0 Å². The number of aryl methyl sites for hydroxylation is 3. The Kier molecular flexibility index (Phi) is 4.87. The van der Waals surface area contributed by atoms with Gasteiger partial charge in [-0.3, -0.25) is 4.90 Å². The lowest BCUT2D eigenvalue weighted by Gasteiger charge is -2.38. The molecule has 1 saturated heterocycles. The molecule has 0 spiro atoms. The molecule has 2 nitrogen and oxygen atoms in total. The molecule has 1 fully saturated rings. The minimum Gasteiger partial charge on any atom is -0.323 e. The molecule has 0 aromatic heterocycles. The molecule has 0 amide bonds. The molecule has 1 aliphatic heterocycles. The fourth-order valence-electron chi connectivity index (χ4n) is 3.75. The van der Waals surface area contributed by atoms with Crippen molar-refractivity contribution >= 4 is 0 Å². The first kappa shape index (κ1) is 15.5. The van der Waals surface area contributed by atoms with Gasteiger partial charge in [-0.05, 0) is 63.1 Å². The van der Waals surface area contributed by atoms with Crippen molar-refractivity contribution in [3.63, 3.8) is 0 Å². The van der Waals surface area contributed by atoms with E-state index in [-0.39, 0.29) is 6.04 Å². The van der Waals surface area contributed by atoms with Gasteiger partial charge in [0.15, 0.2) is 0 Å². The number of hydrogen-bond acceptors (Lipinski definition) is 2. The summed E-state index contributed by atoms with van der Waals surface area (Å²) in [6.07, 6.45) is 2.66. The Balaban J connectivity index is 2.13. The third-order valence-electron chi connectivity index (χ3n) is 4.79. The van der Waals surface area contributed by atoms with Gasteiger partial charge in [0, 0.05) is 25.2 Å². The molecular formula is C18H30N2. The molecule has 0 bridgehead atoms. The van der Waals surface area contributed by atoms with Crippen LogP contribution in [0.5, 0.6) is 0 Å². The normalized spacial score (nSPS) is 25.7. The molecular weight excluding hydrogens is 244 g/mol. The summed E-state index contributed by atoms with van der Waals surface area (Å²) in [5.74, 6) is 0.804. The van der Waals surface area contributed by atoms with Crippen molar-refractivity contribution in [2.24, 2.45) is 11.7 Å². The molecule has 112 valence electrons. The van der Waals surface area contributed by atoms with E-state index >= 15 is 0 Å². The lowest BCUT2D eigenvalue weighted by molar-refractivity contribution is 0.117. The van der Waals surface area contributed by atoms with Crippen LogP contribution in [0.15, 0.2) is 12.1 Å². The van der Waals surface area contributed by atoms with Crippen LogP contribution in [0.2, 0.25) is 0 Å². The van der Waals surface area contributed by atoms with Gasteiger partial charge in [0.2, 0.25) is 0 Å². The van der Waals surface area contributed by atoms with Crippen LogP contribution in [0.1, 0.15) is 55.0 Å². The third kappa shape index (κ3) is 3.42. The maximum Gasteiger partial charge on any atom is 0.0429 e. The van der Waals surface area contributed by atoms with Gasteiger partial charge >= 0.3 is 0 Å². The summed E-state index contributed by atoms with van der Waals surface area (Å²) in [4.78, 5) is 2.58. The zero-order chi connectivity index (χ0) is 14.9. The molecule has 2 heteroatoms. The predicted octanol–water partition coefficient (Wildman–Crippen LogP) is 3.73. The molecule has 3 atom stereocenters. The number of nitrogens with zero attached hydrogens (tertiary/aromatic N) is 1. The summed E-state index contributed by atoms with van der Waals surface area (Å²) < 4.78 is 0. The number of rotatable bonds is 3. The van der Waals surface area contributed by atoms with Gasteiger partial charge in [0.1, 0.15) is 0 Å². The molecule has 1 aromatic carbocycles. The maximum atomic E-state index is 6.54. The molecule has 1 heterocycles. The fraction of sp³-hybridized carbons (Fsp3) is 0.667. The first-order valence-corrected chi connectivity index (χ1v) is 7.96. The minimum atomic E-state index is 0.128. The third-order valence-corrected chi connectivity index (χ3v) is 4.79. The second-order valence-corrected chi connectivity index (χ2v) is 6.90. The van der Waals surface area contributed by atoms with E-state index in [2.05, 4.69) is 51.7 Å². The van der Waals surface area contributed by atoms with Gasteiger partial charge in [-0.2, -0.15) is 0 Å². The summed E-state index contributed by atoms with van der Waals surface area (Å²) in [5.41, 5.74) is 11.9. The standard InChI is InChI=1S/C18H30N2/c1-12-6-7-16(5)20(10-12)11-17(19)18-14(3)8-13(2)9-15(18)4/h8-9,12,16-17H,6-7,10-11,19H2,1-5H3. The smallest absolute Gasteiger partial charge is 0.0429 e. The molecule has 3 unspecified atom stereocenters. The Morgan fingerprint density at radius 1 is 1.15 bits per heavy atom. The van der Waals surface area contributed by atoms with Crippen molar-refractivity contribution in [3.05, 3.63) is 34.4 Å². The van der Waals surface area contributed by atoms with Crippen LogP contribution in [-0.2, 0) is 0 Å². The Morgan fingerprint density at radius 2 is 1.75 bits per heavy atom. The number of likely N-dealkylation sites (tertiary alicyclic amines) is 1. The summed E-state index contributed by atoms with van der Waals surface area (Å²) in [6, 6.07) is 5.31. The SMILES string of the molecule is Cc1cc(C)c(C(N)CN2CC(C)CCC2C)c(C)c1. The number of piperidine rings is 1. The highest BCUT2D eigenvalue weighted by Gasteiger charge is 2.25. The van der Waals surface area contributed by atoms with Crippen molar-refractivity contribution in [2.45, 2.75) is 59.5 Å². The van der Waals surface area contributed by atoms with Gasteiger partial charge in [-0.15, -0.1) is 0 Å². The zero-order valence-corrected chi connectivity index (χ0v) is 13.7. The van der Waals surface area contributed by atoms with Crippen LogP contribution in [0.3, 0.4) is 0 Å². The van der Waals surface area contributed by atoms with E-state index in [1.807, 2.05) is 0 Å². The molecule has 0 aliphatic carbocycles. The Bertz CT molecular complexity index is 443. The number of hydrogen-bond donors (Lipinski definition) is 1. The van der Waals surface area contributed by atoms with Gasteiger partial charge in [0.25, 0.3) is 0 Å². The average Bonchev–Trinajstić information content (AvgIpc) is 2.32. The molecule has 1 aliphatic rings. The van der Waals surface area contributed by atoms with Crippen molar-refractivity contribution in [2.75, 3.05) is 13.1 Å². The topological polar surface area (TPSA) is 29.3 Å². The Hall–Kier alpha value is -0.860.